The number of fused-ring (bicyclic) bond motifs is 1. The van der Waals surface area contributed by atoms with E-state index < -0.39 is 0 Å². The smallest absolute Gasteiger partial charge is 0.248 e. The number of nitrogens with one attached hydrogen (secondary N) is 1. The van der Waals surface area contributed by atoms with E-state index >= 15 is 0 Å². The molecule has 2 heterocycles. The molecule has 0 spiro atoms. The van der Waals surface area contributed by atoms with Crippen molar-refractivity contribution < 1.29 is 28.5 Å². The largest absolute Gasteiger partial charge is 0.454 e. The van der Waals surface area contributed by atoms with Crippen LogP contribution in [0.5, 0.6) is 11.5 Å². The first-order chi connectivity index (χ1) is 12.5. The third-order valence-electron chi connectivity index (χ3n) is 4.37. The van der Waals surface area contributed by atoms with Crippen LogP contribution < -0.4 is 14.8 Å². The second-order valence-electron chi connectivity index (χ2n) is 6.54. The summed E-state index contributed by atoms with van der Waals surface area (Å²) in [6.45, 7) is 1.08. The van der Waals surface area contributed by atoms with Crippen LogP contribution in [-0.4, -0.2) is 69.6 Å². The Bertz CT molecular complexity index is 663. The number of ether oxygens (including phenoxy) is 4. The number of nitrogens with zero attached hydrogens (tertiary/aromatic N) is 1. The maximum atomic E-state index is 12.4. The number of benzene rings is 1. The summed E-state index contributed by atoms with van der Waals surface area (Å²) in [4.78, 5) is 25.6. The molecule has 0 saturated carbocycles. The predicted molar refractivity (Wildman–Crippen MR) is 92.1 cm³/mol. The second kappa shape index (κ2) is 8.37. The number of carbonyl (C=O) groups excluding carboxylic acids is 2. The molecule has 1 aromatic rings. The van der Waals surface area contributed by atoms with Gasteiger partial charge in [0.1, 0.15) is 12.7 Å². The molecule has 8 nitrogen and oxygen atoms in total. The molecule has 0 radical (unpaired) electrons. The number of amides is 2. The Labute approximate surface area is 152 Å². The zero-order valence-electron chi connectivity index (χ0n) is 15.0. The number of rotatable bonds is 6. The van der Waals surface area contributed by atoms with E-state index in [4.69, 9.17) is 18.9 Å². The summed E-state index contributed by atoms with van der Waals surface area (Å²) in [7, 11) is 3.35. The summed E-state index contributed by atoms with van der Waals surface area (Å²) in [5.74, 6) is 1.12. The van der Waals surface area contributed by atoms with Crippen LogP contribution in [0.3, 0.4) is 0 Å². The SMILES string of the molecule is CN(C)C(=O)CO[C@@H]1COCC[C@H]1NC(=O)Cc1ccc2c(c1)OCO2. The minimum Gasteiger partial charge on any atom is -0.454 e. The van der Waals surface area contributed by atoms with Crippen molar-refractivity contribution in [2.24, 2.45) is 0 Å². The van der Waals surface area contributed by atoms with Gasteiger partial charge in [-0.3, -0.25) is 9.59 Å². The molecule has 3 rings (SSSR count). The summed E-state index contributed by atoms with van der Waals surface area (Å²) in [5, 5.41) is 3.00. The van der Waals surface area contributed by atoms with Gasteiger partial charge in [-0.25, -0.2) is 0 Å². The van der Waals surface area contributed by atoms with Crippen LogP contribution in [0.15, 0.2) is 18.2 Å². The topological polar surface area (TPSA) is 86.3 Å². The Balaban J connectivity index is 1.53. The molecule has 26 heavy (non-hydrogen) atoms. The Morgan fingerprint density at radius 1 is 1.27 bits per heavy atom. The van der Waals surface area contributed by atoms with Crippen molar-refractivity contribution in [1.82, 2.24) is 10.2 Å². The fourth-order valence-corrected chi connectivity index (χ4v) is 2.84. The summed E-state index contributed by atoms with van der Waals surface area (Å²) in [5.41, 5.74) is 0.846. The van der Waals surface area contributed by atoms with Crippen LogP contribution in [0.2, 0.25) is 0 Å². The monoisotopic (exact) mass is 364 g/mol. The van der Waals surface area contributed by atoms with Gasteiger partial charge in [0.05, 0.1) is 19.1 Å². The van der Waals surface area contributed by atoms with E-state index in [2.05, 4.69) is 5.32 Å². The number of carbonyl (C=O) groups is 2. The van der Waals surface area contributed by atoms with Gasteiger partial charge >= 0.3 is 0 Å². The molecule has 1 aromatic carbocycles. The fraction of sp³-hybridized carbons (Fsp3) is 0.556. The highest BCUT2D eigenvalue weighted by Crippen LogP contribution is 2.32. The Kier molecular flexibility index (Phi) is 5.95. The van der Waals surface area contributed by atoms with Gasteiger partial charge in [-0.2, -0.15) is 0 Å². The number of likely N-dealkylation sites (N-methyl/N-ethyl adjacent to an activating group) is 1. The maximum Gasteiger partial charge on any atom is 0.248 e. The maximum absolute atomic E-state index is 12.4. The molecule has 0 aliphatic carbocycles. The minimum absolute atomic E-state index is 0.0322. The molecule has 2 atom stereocenters. The Hall–Kier alpha value is -2.32. The summed E-state index contributed by atoms with van der Waals surface area (Å²) >= 11 is 0. The van der Waals surface area contributed by atoms with Crippen LogP contribution >= 0.6 is 0 Å². The van der Waals surface area contributed by atoms with Gasteiger partial charge in [-0.15, -0.1) is 0 Å². The number of hydrogen-bond donors (Lipinski definition) is 1. The van der Waals surface area contributed by atoms with Crippen molar-refractivity contribution in [3.63, 3.8) is 0 Å². The lowest BCUT2D eigenvalue weighted by Gasteiger charge is -2.32. The van der Waals surface area contributed by atoms with Crippen molar-refractivity contribution in [3.05, 3.63) is 23.8 Å². The Morgan fingerprint density at radius 2 is 2.08 bits per heavy atom. The standard InChI is InChI=1S/C18H24N2O6/c1-20(2)18(22)10-24-16-9-23-6-5-13(16)19-17(21)8-12-3-4-14-15(7-12)26-11-25-14/h3-4,7,13,16H,5-6,8-11H2,1-2H3,(H,19,21)/t13-,16-/m1/s1. The molecular formula is C18H24N2O6. The van der Waals surface area contributed by atoms with E-state index in [9.17, 15) is 9.59 Å². The number of hydrogen-bond acceptors (Lipinski definition) is 6. The van der Waals surface area contributed by atoms with E-state index in [1.807, 2.05) is 12.1 Å². The molecule has 142 valence electrons. The summed E-state index contributed by atoms with van der Waals surface area (Å²) < 4.78 is 21.7. The fourth-order valence-electron chi connectivity index (χ4n) is 2.84. The quantitative estimate of drug-likeness (QED) is 0.783. The summed E-state index contributed by atoms with van der Waals surface area (Å²) in [6.07, 6.45) is 0.541. The van der Waals surface area contributed by atoms with Crippen molar-refractivity contribution in [2.75, 3.05) is 40.7 Å². The molecule has 2 aliphatic rings. The average molecular weight is 364 g/mol. The lowest BCUT2D eigenvalue weighted by atomic mass is 10.0. The van der Waals surface area contributed by atoms with Gasteiger partial charge in [0.25, 0.3) is 0 Å². The minimum atomic E-state index is -0.339. The van der Waals surface area contributed by atoms with Crippen LogP contribution in [0.1, 0.15) is 12.0 Å². The molecule has 2 aliphatic heterocycles. The van der Waals surface area contributed by atoms with Crippen molar-refractivity contribution in [2.45, 2.75) is 25.0 Å². The van der Waals surface area contributed by atoms with E-state index in [0.29, 0.717) is 31.1 Å². The van der Waals surface area contributed by atoms with E-state index in [0.717, 1.165) is 5.56 Å². The van der Waals surface area contributed by atoms with Crippen molar-refractivity contribution >= 4 is 11.8 Å². The third kappa shape index (κ3) is 4.64. The highest BCUT2D eigenvalue weighted by molar-refractivity contribution is 5.79. The van der Waals surface area contributed by atoms with Gasteiger partial charge in [-0.1, -0.05) is 6.07 Å². The van der Waals surface area contributed by atoms with E-state index in [1.54, 1.807) is 20.2 Å². The molecule has 2 amide bonds. The van der Waals surface area contributed by atoms with Crippen molar-refractivity contribution in [3.8, 4) is 11.5 Å². The lowest BCUT2D eigenvalue weighted by molar-refractivity contribution is -0.141. The van der Waals surface area contributed by atoms with Crippen LogP contribution in [-0.2, 0) is 25.5 Å². The third-order valence-corrected chi connectivity index (χ3v) is 4.37. The van der Waals surface area contributed by atoms with Gasteiger partial charge in [0, 0.05) is 20.7 Å². The zero-order valence-corrected chi connectivity index (χ0v) is 15.0. The molecule has 0 bridgehead atoms. The van der Waals surface area contributed by atoms with Crippen LogP contribution in [0, 0.1) is 0 Å². The van der Waals surface area contributed by atoms with Gasteiger partial charge in [0.15, 0.2) is 11.5 Å². The van der Waals surface area contributed by atoms with Crippen LogP contribution in [0.4, 0.5) is 0 Å². The molecule has 1 saturated heterocycles. The highest BCUT2D eigenvalue weighted by Gasteiger charge is 2.29. The van der Waals surface area contributed by atoms with Gasteiger partial charge in [-0.05, 0) is 24.1 Å². The first kappa shape index (κ1) is 18.5. The zero-order chi connectivity index (χ0) is 18.5. The van der Waals surface area contributed by atoms with Gasteiger partial charge < -0.3 is 29.2 Å². The second-order valence-corrected chi connectivity index (χ2v) is 6.54. The molecule has 1 N–H and O–H groups in total. The van der Waals surface area contributed by atoms with E-state index in [1.165, 1.54) is 4.90 Å². The molecule has 0 unspecified atom stereocenters. The first-order valence-corrected chi connectivity index (χ1v) is 8.60. The van der Waals surface area contributed by atoms with Crippen LogP contribution in [0.25, 0.3) is 0 Å². The average Bonchev–Trinajstić information content (AvgIpc) is 3.08. The highest BCUT2D eigenvalue weighted by atomic mass is 16.7. The summed E-state index contributed by atoms with van der Waals surface area (Å²) in [6, 6.07) is 5.29. The molecule has 1 fully saturated rings. The molecule has 8 heteroatoms. The normalized spacial score (nSPS) is 21.3. The molecular weight excluding hydrogens is 340 g/mol. The predicted octanol–water partition coefficient (Wildman–Crippen LogP) is 0.336. The van der Waals surface area contributed by atoms with E-state index in [-0.39, 0.29) is 43.8 Å². The lowest BCUT2D eigenvalue weighted by Crippen LogP contribution is -2.51. The Morgan fingerprint density at radius 3 is 2.88 bits per heavy atom. The molecule has 0 aromatic heterocycles. The first-order valence-electron chi connectivity index (χ1n) is 8.60. The van der Waals surface area contributed by atoms with Gasteiger partial charge in [0.2, 0.25) is 18.6 Å². The van der Waals surface area contributed by atoms with Crippen molar-refractivity contribution in [1.29, 1.82) is 0 Å².